The van der Waals surface area contributed by atoms with Crippen molar-refractivity contribution in [2.75, 3.05) is 13.2 Å². The molecular formula is C24H31F2N7O4. The Bertz CT molecular complexity index is 1120. The van der Waals surface area contributed by atoms with E-state index >= 15 is 0 Å². The maximum absolute atomic E-state index is 13.1. The highest BCUT2D eigenvalue weighted by Crippen LogP contribution is 2.32. The SMILES string of the molecule is CC(=O)N1Cc2cccc(CN(N)/C=C(\N)CO)c2C1.N#CC1CC(F)(F)CN1C(=O)C1CCC(=O)N1. The number of aliphatic hydroxyl groups is 1. The van der Waals surface area contributed by atoms with Gasteiger partial charge in [0.15, 0.2) is 0 Å². The number of hydrogen-bond acceptors (Lipinski definition) is 8. The summed E-state index contributed by atoms with van der Waals surface area (Å²) >= 11 is 0. The predicted molar refractivity (Wildman–Crippen MR) is 127 cm³/mol. The second-order valence-electron chi connectivity index (χ2n) is 9.29. The molecule has 0 aromatic heterocycles. The normalized spacial score (nSPS) is 22.1. The summed E-state index contributed by atoms with van der Waals surface area (Å²) in [6.07, 6.45) is 1.41. The zero-order valence-electron chi connectivity index (χ0n) is 20.5. The smallest absolute Gasteiger partial charge is 0.268 e. The fourth-order valence-corrected chi connectivity index (χ4v) is 4.52. The third-order valence-electron chi connectivity index (χ3n) is 6.39. The van der Waals surface area contributed by atoms with Gasteiger partial charge < -0.3 is 31.0 Å². The standard InChI is InChI=1S/C14H20N4O2.C10H11F2N3O2/c1-10(20)17-5-11-3-2-4-12(14(11)8-17)6-18(16)7-13(15)9-19;11-10(12)3-6(4-13)15(5-10)9(17)7-1-2-8(16)14-7/h2-4,7,19H,5-6,8-9,15-16H2,1H3;6-7H,1-3,5H2,(H,14,16)/b13-7-;. The lowest BCUT2D eigenvalue weighted by molar-refractivity contribution is -0.135. The molecule has 2 atom stereocenters. The molecule has 3 aliphatic heterocycles. The number of nitrogens with one attached hydrogen (secondary N) is 1. The number of halogens is 2. The van der Waals surface area contributed by atoms with Crippen molar-refractivity contribution < 1.29 is 28.3 Å². The fourth-order valence-electron chi connectivity index (χ4n) is 4.52. The van der Waals surface area contributed by atoms with Gasteiger partial charge in [-0.15, -0.1) is 0 Å². The number of carbonyl (C=O) groups is 3. The number of aliphatic hydroxyl groups excluding tert-OH is 1. The number of hydrazine groups is 1. The predicted octanol–water partition coefficient (Wildman–Crippen LogP) is 0.0416. The lowest BCUT2D eigenvalue weighted by Gasteiger charge is -2.22. The van der Waals surface area contributed by atoms with Gasteiger partial charge >= 0.3 is 0 Å². The Morgan fingerprint density at radius 1 is 1.38 bits per heavy atom. The summed E-state index contributed by atoms with van der Waals surface area (Å²) in [6, 6.07) is 5.82. The van der Waals surface area contributed by atoms with Crippen LogP contribution in [0.25, 0.3) is 0 Å². The van der Waals surface area contributed by atoms with Crippen LogP contribution in [0.2, 0.25) is 0 Å². The number of benzene rings is 1. The number of carbonyl (C=O) groups excluding carboxylic acids is 3. The van der Waals surface area contributed by atoms with Gasteiger partial charge in [0.2, 0.25) is 17.7 Å². The molecule has 6 N–H and O–H groups in total. The molecule has 4 rings (SSSR count). The van der Waals surface area contributed by atoms with Gasteiger partial charge in [0.1, 0.15) is 12.1 Å². The molecule has 2 unspecified atom stereocenters. The van der Waals surface area contributed by atoms with Crippen LogP contribution in [-0.4, -0.2) is 68.8 Å². The number of nitrogens with zero attached hydrogens (tertiary/aromatic N) is 4. The molecule has 3 heterocycles. The van der Waals surface area contributed by atoms with Gasteiger partial charge in [-0.1, -0.05) is 18.2 Å². The second-order valence-corrected chi connectivity index (χ2v) is 9.29. The first-order valence-electron chi connectivity index (χ1n) is 11.7. The molecule has 0 radical (unpaired) electrons. The average Bonchev–Trinajstić information content (AvgIpc) is 3.55. The van der Waals surface area contributed by atoms with E-state index in [9.17, 15) is 23.2 Å². The number of alkyl halides is 2. The van der Waals surface area contributed by atoms with Crippen molar-refractivity contribution in [1.82, 2.24) is 20.1 Å². The van der Waals surface area contributed by atoms with E-state index in [4.69, 9.17) is 21.9 Å². The van der Waals surface area contributed by atoms with Gasteiger partial charge in [-0.25, -0.2) is 14.6 Å². The quantitative estimate of drug-likeness (QED) is 0.312. The molecule has 3 amide bonds. The molecule has 200 valence electrons. The molecule has 0 bridgehead atoms. The first-order chi connectivity index (χ1) is 17.4. The van der Waals surface area contributed by atoms with Gasteiger partial charge in [0.25, 0.3) is 5.92 Å². The number of hydrogen-bond donors (Lipinski definition) is 4. The molecule has 11 nitrogen and oxygen atoms in total. The van der Waals surface area contributed by atoms with Gasteiger partial charge in [-0.05, 0) is 23.1 Å². The Labute approximate surface area is 213 Å². The lowest BCUT2D eigenvalue weighted by atomic mass is 10.0. The average molecular weight is 520 g/mol. The summed E-state index contributed by atoms with van der Waals surface area (Å²) in [7, 11) is 0. The van der Waals surface area contributed by atoms with Crippen LogP contribution in [0.1, 0.15) is 42.9 Å². The van der Waals surface area contributed by atoms with Crippen LogP contribution in [0.5, 0.6) is 0 Å². The Morgan fingerprint density at radius 2 is 2.11 bits per heavy atom. The third kappa shape index (κ3) is 6.93. The minimum atomic E-state index is -3.02. The number of likely N-dealkylation sites (tertiary alicyclic amines) is 1. The maximum Gasteiger partial charge on any atom is 0.268 e. The van der Waals surface area contributed by atoms with Crippen LogP contribution in [0, 0.1) is 11.3 Å². The lowest BCUT2D eigenvalue weighted by Crippen LogP contribution is -2.46. The zero-order chi connectivity index (χ0) is 27.3. The molecule has 0 saturated carbocycles. The van der Waals surface area contributed by atoms with E-state index in [0.717, 1.165) is 21.6 Å². The van der Waals surface area contributed by atoms with Crippen LogP contribution in [0.3, 0.4) is 0 Å². The molecule has 2 fully saturated rings. The number of nitriles is 1. The van der Waals surface area contributed by atoms with Crippen LogP contribution in [0.15, 0.2) is 30.1 Å². The third-order valence-corrected chi connectivity index (χ3v) is 6.39. The van der Waals surface area contributed by atoms with Gasteiger partial charge in [0.05, 0.1) is 31.5 Å². The van der Waals surface area contributed by atoms with E-state index in [1.165, 1.54) is 11.2 Å². The summed E-state index contributed by atoms with van der Waals surface area (Å²) < 4.78 is 26.2. The Kier molecular flexibility index (Phi) is 8.67. The molecule has 2 saturated heterocycles. The topological polar surface area (TPSA) is 169 Å². The van der Waals surface area contributed by atoms with Crippen LogP contribution < -0.4 is 16.9 Å². The van der Waals surface area contributed by atoms with E-state index in [1.807, 2.05) is 18.2 Å². The van der Waals surface area contributed by atoms with Crippen molar-refractivity contribution >= 4 is 17.7 Å². The van der Waals surface area contributed by atoms with Crippen molar-refractivity contribution in [2.45, 2.75) is 63.8 Å². The highest BCUT2D eigenvalue weighted by atomic mass is 19.3. The number of amides is 3. The van der Waals surface area contributed by atoms with Crippen LogP contribution in [0.4, 0.5) is 8.78 Å². The minimum Gasteiger partial charge on any atom is -0.399 e. The highest BCUT2D eigenvalue weighted by molar-refractivity contribution is 5.91. The number of fused-ring (bicyclic) bond motifs is 1. The fraction of sp³-hybridized carbons (Fsp3) is 0.500. The summed E-state index contributed by atoms with van der Waals surface area (Å²) in [4.78, 5) is 37.0. The minimum absolute atomic E-state index is 0.0705. The van der Waals surface area contributed by atoms with E-state index in [0.29, 0.717) is 31.8 Å². The van der Waals surface area contributed by atoms with Crippen LogP contribution >= 0.6 is 0 Å². The van der Waals surface area contributed by atoms with Crippen molar-refractivity contribution in [3.05, 3.63) is 46.8 Å². The van der Waals surface area contributed by atoms with E-state index in [-0.39, 0.29) is 24.8 Å². The highest BCUT2D eigenvalue weighted by Gasteiger charge is 2.49. The Balaban J connectivity index is 0.000000208. The zero-order valence-corrected chi connectivity index (χ0v) is 20.5. The van der Waals surface area contributed by atoms with E-state index < -0.39 is 36.9 Å². The van der Waals surface area contributed by atoms with E-state index in [1.54, 1.807) is 17.9 Å². The number of rotatable bonds is 5. The monoisotopic (exact) mass is 519 g/mol. The maximum atomic E-state index is 13.1. The summed E-state index contributed by atoms with van der Waals surface area (Å²) in [5.74, 6) is 2.07. The summed E-state index contributed by atoms with van der Waals surface area (Å²) in [5.41, 5.74) is 9.22. The molecular weight excluding hydrogens is 488 g/mol. The van der Waals surface area contributed by atoms with Crippen LogP contribution in [-0.2, 0) is 34.0 Å². The van der Waals surface area contributed by atoms with Crippen molar-refractivity contribution in [3.8, 4) is 6.07 Å². The molecule has 0 spiro atoms. The summed E-state index contributed by atoms with van der Waals surface area (Å²) in [6.45, 7) is 2.36. The van der Waals surface area contributed by atoms with Crippen molar-refractivity contribution in [3.63, 3.8) is 0 Å². The molecule has 3 aliphatic rings. The molecule has 1 aromatic carbocycles. The largest absolute Gasteiger partial charge is 0.399 e. The second kappa shape index (κ2) is 11.5. The molecule has 0 aliphatic carbocycles. The Morgan fingerprint density at radius 3 is 2.70 bits per heavy atom. The van der Waals surface area contributed by atoms with Crippen molar-refractivity contribution in [1.29, 1.82) is 5.26 Å². The van der Waals surface area contributed by atoms with Gasteiger partial charge in [0, 0.05) is 39.1 Å². The Hall–Kier alpha value is -3.76. The molecule has 37 heavy (non-hydrogen) atoms. The molecule has 1 aromatic rings. The summed E-state index contributed by atoms with van der Waals surface area (Å²) in [5, 5.41) is 21.5. The van der Waals surface area contributed by atoms with Gasteiger partial charge in [-0.3, -0.25) is 14.4 Å². The number of nitrogens with two attached hydrogens (primary N) is 2. The van der Waals surface area contributed by atoms with Gasteiger partial charge in [-0.2, -0.15) is 5.26 Å². The first-order valence-corrected chi connectivity index (χ1v) is 11.7. The first kappa shape index (κ1) is 27.8. The molecule has 13 heteroatoms. The van der Waals surface area contributed by atoms with Crippen molar-refractivity contribution in [2.24, 2.45) is 11.6 Å². The van der Waals surface area contributed by atoms with E-state index in [2.05, 4.69) is 5.32 Å².